The van der Waals surface area contributed by atoms with Crippen molar-refractivity contribution in [3.05, 3.63) is 148 Å². The summed E-state index contributed by atoms with van der Waals surface area (Å²) >= 11 is 0. The van der Waals surface area contributed by atoms with Gasteiger partial charge in [0.25, 0.3) is 0 Å². The van der Waals surface area contributed by atoms with Crippen molar-refractivity contribution in [2.24, 2.45) is 15.6 Å². The molecule has 0 unspecified atom stereocenters. The Morgan fingerprint density at radius 1 is 0.757 bits per heavy atom. The molecule has 0 bridgehead atoms. The Kier molecular flexibility index (Phi) is 5.65. The molecule has 0 saturated carbocycles. The van der Waals surface area contributed by atoms with Gasteiger partial charge in [-0.3, -0.25) is 4.99 Å². The summed E-state index contributed by atoms with van der Waals surface area (Å²) in [4.78, 5) is 24.9. The molecule has 0 N–H and O–H groups in total. The molecule has 4 heteroatoms. The van der Waals surface area contributed by atoms with Crippen molar-refractivity contribution in [3.8, 4) is 0 Å². The van der Waals surface area contributed by atoms with E-state index in [0.29, 0.717) is 5.71 Å². The minimum Gasteiger partial charge on any atom is -0.316 e. The summed E-state index contributed by atoms with van der Waals surface area (Å²) in [6.07, 6.45) is 2.08. The lowest BCUT2D eigenvalue weighted by Crippen LogP contribution is -2.41. The average molecular weight is 483 g/mol. The second-order valence-electron chi connectivity index (χ2n) is 9.63. The predicted molar refractivity (Wildman–Crippen MR) is 148 cm³/mol. The highest BCUT2D eigenvalue weighted by atomic mass is 16.7. The molecular formula is C33H26N2O2. The maximum Gasteiger partial charge on any atom is 0.354 e. The summed E-state index contributed by atoms with van der Waals surface area (Å²) in [5, 5.41) is 4.41. The Balaban J connectivity index is 1.68. The number of benzene rings is 4. The fraction of sp³-hybridized carbons (Fsp3) is 0.121. The zero-order valence-corrected chi connectivity index (χ0v) is 20.8. The molecule has 180 valence electrons. The molecule has 2 atom stereocenters. The van der Waals surface area contributed by atoms with Crippen molar-refractivity contribution in [1.82, 2.24) is 0 Å². The smallest absolute Gasteiger partial charge is 0.316 e. The lowest BCUT2D eigenvalue weighted by Gasteiger charge is -2.30. The second kappa shape index (κ2) is 9.14. The first-order valence-corrected chi connectivity index (χ1v) is 12.4. The molecule has 0 radical (unpaired) electrons. The van der Waals surface area contributed by atoms with E-state index >= 15 is 0 Å². The lowest BCUT2D eigenvalue weighted by atomic mass is 9.67. The molecule has 4 aromatic carbocycles. The van der Waals surface area contributed by atoms with Crippen molar-refractivity contribution in [2.45, 2.75) is 19.9 Å². The average Bonchev–Trinajstić information content (AvgIpc) is 3.43. The van der Waals surface area contributed by atoms with Crippen LogP contribution in [0, 0.1) is 19.3 Å². The summed E-state index contributed by atoms with van der Waals surface area (Å²) in [5.41, 5.74) is 6.89. The van der Waals surface area contributed by atoms with Gasteiger partial charge in [-0.05, 0) is 31.1 Å². The number of hydrogen-bond acceptors (Lipinski definition) is 4. The number of carbonyl (C=O) groups is 1. The standard InChI is InChI=1S/C33H26N2O2/c1-22-11-9-13-24(19-22)21-28-29(25-14-5-3-6-15-25)34-30(27-18-10-12-23(2)20-27)33(28)31(35-37-32(33)36)26-16-7-4-8-17-26/h3-21,30H,1-2H3/b28-21-/t30-,33-/m1/s1. The van der Waals surface area contributed by atoms with E-state index in [4.69, 9.17) is 9.83 Å². The van der Waals surface area contributed by atoms with E-state index in [9.17, 15) is 4.79 Å². The van der Waals surface area contributed by atoms with Crippen LogP contribution in [0.2, 0.25) is 0 Å². The molecule has 0 amide bonds. The fourth-order valence-corrected chi connectivity index (χ4v) is 5.41. The van der Waals surface area contributed by atoms with Crippen LogP contribution in [0.1, 0.15) is 39.4 Å². The van der Waals surface area contributed by atoms with Crippen molar-refractivity contribution >= 4 is 23.5 Å². The highest BCUT2D eigenvalue weighted by Crippen LogP contribution is 2.55. The third-order valence-corrected chi connectivity index (χ3v) is 7.07. The Morgan fingerprint density at radius 2 is 1.41 bits per heavy atom. The van der Waals surface area contributed by atoms with Crippen molar-refractivity contribution < 1.29 is 9.63 Å². The predicted octanol–water partition coefficient (Wildman–Crippen LogP) is 6.88. The molecule has 6 rings (SSSR count). The summed E-state index contributed by atoms with van der Waals surface area (Å²) in [7, 11) is 0. The molecule has 1 spiro atoms. The van der Waals surface area contributed by atoms with Crippen LogP contribution < -0.4 is 0 Å². The van der Waals surface area contributed by atoms with Crippen LogP contribution in [-0.4, -0.2) is 17.4 Å². The number of aryl methyl sites for hydroxylation is 2. The third kappa shape index (κ3) is 3.82. The van der Waals surface area contributed by atoms with Crippen LogP contribution in [0.5, 0.6) is 0 Å². The van der Waals surface area contributed by atoms with Gasteiger partial charge in [0.1, 0.15) is 11.8 Å². The number of aliphatic imine (C=N–C) groups is 1. The van der Waals surface area contributed by atoms with Crippen LogP contribution >= 0.6 is 0 Å². The highest BCUT2D eigenvalue weighted by Gasteiger charge is 2.63. The molecule has 0 aromatic heterocycles. The van der Waals surface area contributed by atoms with Crippen LogP contribution in [0.25, 0.3) is 6.08 Å². The monoisotopic (exact) mass is 482 g/mol. The van der Waals surface area contributed by atoms with E-state index in [1.54, 1.807) is 0 Å². The number of carbonyl (C=O) groups excluding carboxylic acids is 1. The molecule has 0 saturated heterocycles. The topological polar surface area (TPSA) is 51.0 Å². The second-order valence-corrected chi connectivity index (χ2v) is 9.63. The van der Waals surface area contributed by atoms with Crippen LogP contribution in [0.15, 0.2) is 125 Å². The van der Waals surface area contributed by atoms with Gasteiger partial charge in [0.15, 0.2) is 5.41 Å². The van der Waals surface area contributed by atoms with Crippen LogP contribution in [0.4, 0.5) is 0 Å². The SMILES string of the molecule is Cc1cccc(/C=C2/C(c3ccccc3)=N[C@H](c3cccc(C)c3)[C@]23C(=O)ON=C3c2ccccc2)c1. The summed E-state index contributed by atoms with van der Waals surface area (Å²) in [6.45, 7) is 4.12. The van der Waals surface area contributed by atoms with Gasteiger partial charge in [0.05, 0.1) is 5.71 Å². The van der Waals surface area contributed by atoms with E-state index in [1.165, 1.54) is 0 Å². The van der Waals surface area contributed by atoms with Gasteiger partial charge in [0.2, 0.25) is 0 Å². The summed E-state index contributed by atoms with van der Waals surface area (Å²) in [5.74, 6) is -0.411. The summed E-state index contributed by atoms with van der Waals surface area (Å²) < 4.78 is 0. The van der Waals surface area contributed by atoms with E-state index in [-0.39, 0.29) is 0 Å². The lowest BCUT2D eigenvalue weighted by molar-refractivity contribution is -0.147. The van der Waals surface area contributed by atoms with Gasteiger partial charge in [-0.25, -0.2) is 4.79 Å². The van der Waals surface area contributed by atoms with Gasteiger partial charge in [0, 0.05) is 16.7 Å². The van der Waals surface area contributed by atoms with Gasteiger partial charge >= 0.3 is 5.97 Å². The molecule has 37 heavy (non-hydrogen) atoms. The molecule has 0 aliphatic carbocycles. The largest absolute Gasteiger partial charge is 0.354 e. The maximum absolute atomic E-state index is 14.0. The molecule has 2 aliphatic heterocycles. The minimum absolute atomic E-state index is 0.411. The number of hydrogen-bond donors (Lipinski definition) is 0. The van der Waals surface area contributed by atoms with Crippen molar-refractivity contribution in [1.29, 1.82) is 0 Å². The van der Waals surface area contributed by atoms with E-state index < -0.39 is 17.4 Å². The quantitative estimate of drug-likeness (QED) is 0.298. The maximum atomic E-state index is 14.0. The Hall–Kier alpha value is -4.57. The zero-order valence-electron chi connectivity index (χ0n) is 20.8. The Morgan fingerprint density at radius 3 is 2.08 bits per heavy atom. The van der Waals surface area contributed by atoms with Crippen molar-refractivity contribution in [2.75, 3.05) is 0 Å². The highest BCUT2D eigenvalue weighted by molar-refractivity contribution is 6.32. The Bertz CT molecular complexity index is 1590. The van der Waals surface area contributed by atoms with Gasteiger partial charge in [-0.2, -0.15) is 0 Å². The first-order valence-electron chi connectivity index (χ1n) is 12.4. The number of nitrogens with zero attached hydrogens (tertiary/aromatic N) is 2. The molecule has 0 fully saturated rings. The van der Waals surface area contributed by atoms with Gasteiger partial charge < -0.3 is 4.84 Å². The van der Waals surface area contributed by atoms with E-state index in [0.717, 1.165) is 44.7 Å². The van der Waals surface area contributed by atoms with Crippen LogP contribution in [0.3, 0.4) is 0 Å². The number of rotatable bonds is 4. The molecule has 4 nitrogen and oxygen atoms in total. The first kappa shape index (κ1) is 22.9. The number of oxime groups is 1. The van der Waals surface area contributed by atoms with Crippen molar-refractivity contribution in [3.63, 3.8) is 0 Å². The van der Waals surface area contributed by atoms with E-state index in [2.05, 4.69) is 55.4 Å². The van der Waals surface area contributed by atoms with Gasteiger partial charge in [-0.15, -0.1) is 0 Å². The molecule has 2 aliphatic rings. The Labute approximate surface area is 216 Å². The zero-order chi connectivity index (χ0) is 25.4. The normalized spacial score (nSPS) is 21.7. The molecule has 2 heterocycles. The summed E-state index contributed by atoms with van der Waals surface area (Å²) in [6, 6.07) is 35.8. The first-order chi connectivity index (χ1) is 18.1. The third-order valence-electron chi connectivity index (χ3n) is 7.07. The molecular weight excluding hydrogens is 456 g/mol. The fourth-order valence-electron chi connectivity index (χ4n) is 5.41. The molecule has 4 aromatic rings. The van der Waals surface area contributed by atoms with E-state index in [1.807, 2.05) is 78.9 Å². The van der Waals surface area contributed by atoms with Gasteiger partial charge in [-0.1, -0.05) is 125 Å². The van der Waals surface area contributed by atoms with Crippen LogP contribution in [-0.2, 0) is 9.63 Å². The minimum atomic E-state index is -1.23.